The van der Waals surface area contributed by atoms with Gasteiger partial charge < -0.3 is 14.4 Å². The topological polar surface area (TPSA) is 96.7 Å². The van der Waals surface area contributed by atoms with Gasteiger partial charge in [-0.25, -0.2) is 0 Å². The van der Waals surface area contributed by atoms with E-state index in [9.17, 15) is 14.4 Å². The lowest BCUT2D eigenvalue weighted by atomic mass is 9.77. The van der Waals surface area contributed by atoms with E-state index in [-0.39, 0.29) is 37.2 Å². The Hall–Kier alpha value is -2.88. The van der Waals surface area contributed by atoms with E-state index < -0.39 is 0 Å². The molecule has 1 fully saturated rings. The molecule has 0 bridgehead atoms. The fourth-order valence-corrected chi connectivity index (χ4v) is 3.94. The number of carbonyl (C=O) groups is 3. The summed E-state index contributed by atoms with van der Waals surface area (Å²) in [6, 6.07) is 9.64. The van der Waals surface area contributed by atoms with Gasteiger partial charge in [-0.15, -0.1) is 0 Å². The normalized spacial score (nSPS) is 18.2. The Morgan fingerprint density at radius 1 is 1.10 bits per heavy atom. The SMILES string of the molecule is CCOC(=O)CCN(C(=O)CC#N)c1ccc([C@H]2CC[C@H](CC(=O)OC)CC2)cc1. The van der Waals surface area contributed by atoms with Gasteiger partial charge in [0.15, 0.2) is 0 Å². The summed E-state index contributed by atoms with van der Waals surface area (Å²) >= 11 is 0. The zero-order valence-corrected chi connectivity index (χ0v) is 17.8. The van der Waals surface area contributed by atoms with Gasteiger partial charge in [0, 0.05) is 18.7 Å². The van der Waals surface area contributed by atoms with Crippen molar-refractivity contribution in [2.75, 3.05) is 25.2 Å². The van der Waals surface area contributed by atoms with Crippen LogP contribution in [0.15, 0.2) is 24.3 Å². The second kappa shape index (κ2) is 12.0. The van der Waals surface area contributed by atoms with Gasteiger partial charge in [-0.05, 0) is 62.1 Å². The van der Waals surface area contributed by atoms with Gasteiger partial charge in [0.25, 0.3) is 0 Å². The minimum atomic E-state index is -0.368. The summed E-state index contributed by atoms with van der Waals surface area (Å²) in [5, 5.41) is 8.88. The number of nitrogens with zero attached hydrogens (tertiary/aromatic N) is 2. The van der Waals surface area contributed by atoms with Crippen LogP contribution in [0.1, 0.15) is 63.4 Å². The number of nitriles is 1. The monoisotopic (exact) mass is 414 g/mol. The third kappa shape index (κ3) is 6.87. The van der Waals surface area contributed by atoms with E-state index in [1.807, 2.05) is 30.3 Å². The van der Waals surface area contributed by atoms with Crippen LogP contribution in [-0.4, -0.2) is 38.1 Å². The predicted octanol–water partition coefficient (Wildman–Crippen LogP) is 3.72. The zero-order chi connectivity index (χ0) is 21.9. The first kappa shape index (κ1) is 23.4. The van der Waals surface area contributed by atoms with Gasteiger partial charge >= 0.3 is 11.9 Å². The Labute approximate surface area is 177 Å². The van der Waals surface area contributed by atoms with Crippen LogP contribution in [0.5, 0.6) is 0 Å². The molecular weight excluding hydrogens is 384 g/mol. The molecule has 1 aromatic carbocycles. The fraction of sp³-hybridized carbons (Fsp3) is 0.565. The zero-order valence-electron chi connectivity index (χ0n) is 17.8. The van der Waals surface area contributed by atoms with Gasteiger partial charge in [-0.1, -0.05) is 12.1 Å². The first-order valence-corrected chi connectivity index (χ1v) is 10.5. The number of ether oxygens (including phenoxy) is 2. The van der Waals surface area contributed by atoms with Crippen molar-refractivity contribution < 1.29 is 23.9 Å². The summed E-state index contributed by atoms with van der Waals surface area (Å²) in [5.74, 6) is -0.0381. The van der Waals surface area contributed by atoms with Crippen molar-refractivity contribution in [1.29, 1.82) is 5.26 Å². The molecule has 0 unspecified atom stereocenters. The van der Waals surface area contributed by atoms with Crippen molar-refractivity contribution in [3.63, 3.8) is 0 Å². The highest BCUT2D eigenvalue weighted by Crippen LogP contribution is 2.37. The highest BCUT2D eigenvalue weighted by atomic mass is 16.5. The molecule has 162 valence electrons. The molecule has 0 saturated heterocycles. The molecule has 0 N–H and O–H groups in total. The number of rotatable bonds is 9. The number of esters is 2. The smallest absolute Gasteiger partial charge is 0.307 e. The summed E-state index contributed by atoms with van der Waals surface area (Å²) in [6.07, 6.45) is 4.34. The fourth-order valence-electron chi connectivity index (χ4n) is 3.94. The summed E-state index contributed by atoms with van der Waals surface area (Å²) in [4.78, 5) is 37.0. The number of carbonyl (C=O) groups excluding carboxylic acids is 3. The lowest BCUT2D eigenvalue weighted by molar-refractivity contribution is -0.143. The van der Waals surface area contributed by atoms with Gasteiger partial charge in [0.05, 0.1) is 26.2 Å². The molecular formula is C23H30N2O5. The minimum absolute atomic E-state index is 0.0803. The van der Waals surface area contributed by atoms with E-state index in [0.29, 0.717) is 30.6 Å². The largest absolute Gasteiger partial charge is 0.469 e. The molecule has 2 rings (SSSR count). The van der Waals surface area contributed by atoms with Crippen molar-refractivity contribution in [2.45, 2.75) is 57.8 Å². The number of amides is 1. The van der Waals surface area contributed by atoms with E-state index in [0.717, 1.165) is 25.7 Å². The third-order valence-corrected chi connectivity index (χ3v) is 5.58. The second-order valence-corrected chi connectivity index (χ2v) is 7.52. The van der Waals surface area contributed by atoms with Gasteiger partial charge in [-0.2, -0.15) is 5.26 Å². The number of methoxy groups -OCH3 is 1. The molecule has 1 amide bonds. The molecule has 0 aromatic heterocycles. The number of hydrogen-bond donors (Lipinski definition) is 0. The Bertz CT molecular complexity index is 761. The number of anilines is 1. The van der Waals surface area contributed by atoms with Crippen LogP contribution in [0.4, 0.5) is 5.69 Å². The molecule has 0 atom stereocenters. The van der Waals surface area contributed by atoms with Crippen molar-refractivity contribution in [3.8, 4) is 6.07 Å². The number of benzene rings is 1. The van der Waals surface area contributed by atoms with E-state index in [4.69, 9.17) is 14.7 Å². The maximum absolute atomic E-state index is 12.4. The Balaban J connectivity index is 2.00. The molecule has 1 saturated carbocycles. The predicted molar refractivity (Wildman–Crippen MR) is 112 cm³/mol. The average Bonchev–Trinajstić information content (AvgIpc) is 2.75. The van der Waals surface area contributed by atoms with Gasteiger partial charge in [-0.3, -0.25) is 14.4 Å². The minimum Gasteiger partial charge on any atom is -0.469 e. The number of hydrogen-bond acceptors (Lipinski definition) is 6. The van der Waals surface area contributed by atoms with Crippen LogP contribution < -0.4 is 4.90 Å². The molecule has 1 aliphatic carbocycles. The van der Waals surface area contributed by atoms with Crippen LogP contribution in [0.3, 0.4) is 0 Å². The summed E-state index contributed by atoms with van der Waals surface area (Å²) in [5.41, 5.74) is 1.87. The molecule has 0 spiro atoms. The van der Waals surface area contributed by atoms with Gasteiger partial charge in [0.2, 0.25) is 5.91 Å². The Morgan fingerprint density at radius 2 is 1.77 bits per heavy atom. The quantitative estimate of drug-likeness (QED) is 0.571. The highest BCUT2D eigenvalue weighted by molar-refractivity contribution is 5.95. The van der Waals surface area contributed by atoms with Crippen molar-refractivity contribution in [1.82, 2.24) is 0 Å². The van der Waals surface area contributed by atoms with E-state index in [1.54, 1.807) is 6.92 Å². The van der Waals surface area contributed by atoms with Crippen LogP contribution in [0.2, 0.25) is 0 Å². The average molecular weight is 415 g/mol. The molecule has 1 aliphatic rings. The van der Waals surface area contributed by atoms with Crippen molar-refractivity contribution in [3.05, 3.63) is 29.8 Å². The van der Waals surface area contributed by atoms with Crippen LogP contribution in [-0.2, 0) is 23.9 Å². The summed E-state index contributed by atoms with van der Waals surface area (Å²) in [7, 11) is 1.42. The Kier molecular flexibility index (Phi) is 9.33. The first-order valence-electron chi connectivity index (χ1n) is 10.5. The van der Waals surface area contributed by atoms with E-state index in [1.165, 1.54) is 17.6 Å². The molecule has 0 heterocycles. The third-order valence-electron chi connectivity index (χ3n) is 5.58. The second-order valence-electron chi connectivity index (χ2n) is 7.52. The molecule has 0 radical (unpaired) electrons. The molecule has 0 aliphatic heterocycles. The Morgan fingerprint density at radius 3 is 2.33 bits per heavy atom. The first-order chi connectivity index (χ1) is 14.5. The highest BCUT2D eigenvalue weighted by Gasteiger charge is 2.25. The molecule has 7 heteroatoms. The standard InChI is InChI=1S/C23H30N2O5/c1-3-30-22(27)13-15-25(21(26)12-14-24)20-10-8-19(9-11-20)18-6-4-17(5-7-18)16-23(28)29-2/h8-11,17-18H,3-7,12-13,15-16H2,1-2H3/t17-,18-. The van der Waals surface area contributed by atoms with E-state index >= 15 is 0 Å². The maximum atomic E-state index is 12.4. The van der Waals surface area contributed by atoms with Gasteiger partial charge in [0.1, 0.15) is 6.42 Å². The summed E-state index contributed by atoms with van der Waals surface area (Å²) in [6.45, 7) is 2.21. The molecule has 1 aromatic rings. The summed E-state index contributed by atoms with van der Waals surface area (Å²) < 4.78 is 9.70. The van der Waals surface area contributed by atoms with Crippen LogP contribution in [0, 0.1) is 17.2 Å². The lowest BCUT2D eigenvalue weighted by Crippen LogP contribution is -2.33. The lowest BCUT2D eigenvalue weighted by Gasteiger charge is -2.28. The van der Waals surface area contributed by atoms with E-state index in [2.05, 4.69) is 0 Å². The van der Waals surface area contributed by atoms with Crippen LogP contribution in [0.25, 0.3) is 0 Å². The van der Waals surface area contributed by atoms with Crippen molar-refractivity contribution >= 4 is 23.5 Å². The van der Waals surface area contributed by atoms with Crippen molar-refractivity contribution in [2.24, 2.45) is 5.92 Å². The van der Waals surface area contributed by atoms with Crippen LogP contribution >= 0.6 is 0 Å². The molecule has 30 heavy (non-hydrogen) atoms. The maximum Gasteiger partial charge on any atom is 0.307 e. The molecule has 7 nitrogen and oxygen atoms in total.